The van der Waals surface area contributed by atoms with Crippen LogP contribution in [0.2, 0.25) is 0 Å². The molecule has 0 spiro atoms. The van der Waals surface area contributed by atoms with Crippen molar-refractivity contribution in [1.82, 2.24) is 0 Å². The molecular weight excluding hydrogens is 308 g/mol. The first kappa shape index (κ1) is 18.2. The van der Waals surface area contributed by atoms with Gasteiger partial charge in [-0.15, -0.1) is 0 Å². The van der Waals surface area contributed by atoms with Gasteiger partial charge in [-0.1, -0.05) is 47.6 Å². The van der Waals surface area contributed by atoms with E-state index in [0.717, 1.165) is 11.6 Å². The summed E-state index contributed by atoms with van der Waals surface area (Å²) in [7, 11) is 0. The van der Waals surface area contributed by atoms with E-state index in [1.54, 1.807) is 6.07 Å². The van der Waals surface area contributed by atoms with Gasteiger partial charge in [-0.2, -0.15) is 0 Å². The van der Waals surface area contributed by atoms with Gasteiger partial charge in [0.1, 0.15) is 11.6 Å². The second-order valence-corrected chi connectivity index (χ2v) is 8.18. The Bertz CT molecular complexity index is 735. The van der Waals surface area contributed by atoms with Gasteiger partial charge in [0.05, 0.1) is 5.69 Å². The summed E-state index contributed by atoms with van der Waals surface area (Å²) in [6.45, 7) is 12.1. The minimum Gasteiger partial charge on any atom is -0.352 e. The predicted molar refractivity (Wildman–Crippen MR) is 93.6 cm³/mol. The van der Waals surface area contributed by atoms with Gasteiger partial charge in [0.25, 0.3) is 0 Å². The Morgan fingerprint density at radius 2 is 1.33 bits per heavy atom. The van der Waals surface area contributed by atoms with Crippen molar-refractivity contribution in [2.75, 3.05) is 5.32 Å². The molecule has 24 heavy (non-hydrogen) atoms. The van der Waals surface area contributed by atoms with Crippen LogP contribution in [0.1, 0.15) is 52.7 Å². The van der Waals surface area contributed by atoms with E-state index in [9.17, 15) is 13.9 Å². The van der Waals surface area contributed by atoms with E-state index in [2.05, 4.69) is 26.1 Å². The summed E-state index contributed by atoms with van der Waals surface area (Å²) >= 11 is 0. The van der Waals surface area contributed by atoms with Crippen molar-refractivity contribution in [1.29, 1.82) is 0 Å². The summed E-state index contributed by atoms with van der Waals surface area (Å²) in [5.41, 5.74) is 1.73. The average molecular weight is 332 g/mol. The van der Waals surface area contributed by atoms with Crippen LogP contribution in [-0.4, -0.2) is 0 Å². The van der Waals surface area contributed by atoms with Gasteiger partial charge in [0.15, 0.2) is 0 Å². The van der Waals surface area contributed by atoms with Crippen molar-refractivity contribution in [2.45, 2.75) is 52.4 Å². The van der Waals surface area contributed by atoms with Gasteiger partial charge in [0, 0.05) is 17.3 Å². The molecule has 0 amide bonds. The second-order valence-electron chi connectivity index (χ2n) is 8.18. The Morgan fingerprint density at radius 3 is 1.79 bits per heavy atom. The predicted octanol–water partition coefficient (Wildman–Crippen LogP) is 6.45. The molecule has 2 aromatic carbocycles. The molecule has 4 heteroatoms. The van der Waals surface area contributed by atoms with Crippen LogP contribution >= 0.6 is 0 Å². The molecule has 1 N–H and O–H groups in total. The van der Waals surface area contributed by atoms with Gasteiger partial charge in [-0.05, 0) is 34.6 Å². The van der Waals surface area contributed by atoms with Crippen LogP contribution < -0.4 is 5.32 Å². The van der Waals surface area contributed by atoms with Crippen LogP contribution in [0, 0.1) is 11.6 Å². The van der Waals surface area contributed by atoms with Crippen LogP contribution in [0.4, 0.5) is 20.2 Å². The third kappa shape index (κ3) is 4.05. The summed E-state index contributed by atoms with van der Waals surface area (Å²) in [5.74, 6) is -1.53. The lowest BCUT2D eigenvalue weighted by molar-refractivity contribution is 0.342. The number of rotatable bonds is 2. The molecule has 0 saturated heterocycles. The quantitative estimate of drug-likeness (QED) is 0.673. The number of benzene rings is 2. The smallest absolute Gasteiger partial charge is 0.205 e. The largest absolute Gasteiger partial charge is 0.352 e. The van der Waals surface area contributed by atoms with E-state index in [-0.39, 0.29) is 22.3 Å². The second kappa shape index (κ2) is 6.08. The zero-order valence-electron chi connectivity index (χ0n) is 15.1. The molecule has 0 saturated carbocycles. The maximum absolute atomic E-state index is 13.4. The molecule has 0 aliphatic heterocycles. The minimum atomic E-state index is -0.687. The molecule has 0 atom stereocenters. The van der Waals surface area contributed by atoms with Crippen LogP contribution in [0.15, 0.2) is 30.3 Å². The zero-order valence-corrected chi connectivity index (χ0v) is 15.1. The maximum atomic E-state index is 13.4. The average Bonchev–Trinajstić information content (AvgIpc) is 2.37. The topological polar surface area (TPSA) is 31.9 Å². The lowest BCUT2D eigenvalue weighted by atomic mass is 9.79. The summed E-state index contributed by atoms with van der Waals surface area (Å²) in [5, 5.41) is 15.7. The highest BCUT2D eigenvalue weighted by molar-refractivity contribution is 5.70. The van der Waals surface area contributed by atoms with Crippen molar-refractivity contribution in [3.8, 4) is 5.75 Å². The molecule has 2 aromatic rings. The van der Waals surface area contributed by atoms with Gasteiger partial charge in [-0.3, -0.25) is 5.11 Å². The third-order valence-electron chi connectivity index (χ3n) is 3.90. The van der Waals surface area contributed by atoms with Gasteiger partial charge in [-0.25, -0.2) is 8.78 Å². The molecule has 0 heterocycles. The summed E-state index contributed by atoms with van der Waals surface area (Å²) in [6.07, 6.45) is 0. The van der Waals surface area contributed by atoms with Crippen molar-refractivity contribution >= 4 is 11.4 Å². The number of nitrogens with one attached hydrogen (secondary N) is 1. The fourth-order valence-electron chi connectivity index (χ4n) is 2.49. The van der Waals surface area contributed by atoms with E-state index in [4.69, 9.17) is 0 Å². The number of hydrogen-bond acceptors (Lipinski definition) is 1. The Labute approximate surface area is 142 Å². The summed E-state index contributed by atoms with van der Waals surface area (Å²) < 4.78 is 26.8. The fourth-order valence-corrected chi connectivity index (χ4v) is 2.49. The summed E-state index contributed by atoms with van der Waals surface area (Å²) in [4.78, 5) is 0. The molecule has 2 nitrogen and oxygen atoms in total. The molecule has 0 aliphatic rings. The van der Waals surface area contributed by atoms with Crippen molar-refractivity contribution in [2.24, 2.45) is 0 Å². The molecule has 2 rings (SSSR count). The standard InChI is InChI=1S/C20H24F2NO/c1-19(2,3)12-7-16(20(4,5)6)18(24)17(8-12)23-15-10-13(21)9-14(22)11-15/h7-11,23H,1-6H3. The molecule has 1 radical (unpaired) electrons. The van der Waals surface area contributed by atoms with Crippen molar-refractivity contribution < 1.29 is 13.9 Å². The van der Waals surface area contributed by atoms with Crippen LogP contribution in [0.25, 0.3) is 0 Å². The fraction of sp³-hybridized carbons (Fsp3) is 0.400. The third-order valence-corrected chi connectivity index (χ3v) is 3.90. The van der Waals surface area contributed by atoms with E-state index in [1.165, 1.54) is 12.1 Å². The lowest BCUT2D eigenvalue weighted by Crippen LogP contribution is -2.17. The Kier molecular flexibility index (Phi) is 4.62. The molecule has 0 aliphatic carbocycles. The lowest BCUT2D eigenvalue weighted by Gasteiger charge is -2.27. The summed E-state index contributed by atoms with van der Waals surface area (Å²) in [6, 6.07) is 6.83. The first-order valence-corrected chi connectivity index (χ1v) is 7.97. The highest BCUT2D eigenvalue weighted by Crippen LogP contribution is 2.41. The molecule has 0 fully saturated rings. The molecule has 129 valence electrons. The Hall–Kier alpha value is -2.10. The van der Waals surface area contributed by atoms with E-state index in [1.807, 2.05) is 26.8 Å². The van der Waals surface area contributed by atoms with Crippen LogP contribution in [-0.2, 0) is 15.9 Å². The maximum Gasteiger partial charge on any atom is 0.205 e. The SMILES string of the molecule is CC(C)(C)c1cc(Nc2cc(F)cc(F)c2)c([O])c(C(C)(C)C)c1. The highest BCUT2D eigenvalue weighted by Gasteiger charge is 2.26. The van der Waals surface area contributed by atoms with Gasteiger partial charge in [0.2, 0.25) is 5.75 Å². The first-order valence-electron chi connectivity index (χ1n) is 7.97. The number of anilines is 2. The minimum absolute atomic E-state index is 0.153. The van der Waals surface area contributed by atoms with Crippen LogP contribution in [0.5, 0.6) is 5.75 Å². The highest BCUT2D eigenvalue weighted by atomic mass is 19.1. The normalized spacial score (nSPS) is 12.3. The number of hydrogen-bond donors (Lipinski definition) is 1. The van der Waals surface area contributed by atoms with E-state index < -0.39 is 11.6 Å². The molecule has 0 aromatic heterocycles. The number of halogens is 2. The molecule has 0 unspecified atom stereocenters. The Balaban J connectivity index is 2.60. The van der Waals surface area contributed by atoms with E-state index in [0.29, 0.717) is 11.3 Å². The molecular formula is C20H24F2NO. The Morgan fingerprint density at radius 1 is 0.792 bits per heavy atom. The first-order chi connectivity index (χ1) is 10.9. The van der Waals surface area contributed by atoms with Crippen LogP contribution in [0.3, 0.4) is 0 Å². The monoisotopic (exact) mass is 332 g/mol. The van der Waals surface area contributed by atoms with Crippen molar-refractivity contribution in [3.05, 3.63) is 53.1 Å². The van der Waals surface area contributed by atoms with E-state index >= 15 is 0 Å². The molecule has 0 bridgehead atoms. The van der Waals surface area contributed by atoms with Gasteiger partial charge >= 0.3 is 0 Å². The van der Waals surface area contributed by atoms with Gasteiger partial charge < -0.3 is 5.32 Å². The van der Waals surface area contributed by atoms with Crippen molar-refractivity contribution in [3.63, 3.8) is 0 Å². The zero-order chi connectivity index (χ0) is 18.3.